The van der Waals surface area contributed by atoms with Gasteiger partial charge in [-0.2, -0.15) is 0 Å². The molecule has 1 aromatic rings. The molecule has 0 heterocycles. The van der Waals surface area contributed by atoms with Crippen LogP contribution in [0.15, 0.2) is 17.0 Å². The predicted octanol–water partition coefficient (Wildman–Crippen LogP) is 2.90. The van der Waals surface area contributed by atoms with Crippen molar-refractivity contribution in [2.45, 2.75) is 37.6 Å². The number of benzene rings is 1. The van der Waals surface area contributed by atoms with E-state index < -0.39 is 21.5 Å². The molecule has 2 N–H and O–H groups in total. The molecule has 0 fully saturated rings. The first kappa shape index (κ1) is 18.2. The maximum Gasteiger partial charge on any atom is 0.255 e. The quantitative estimate of drug-likeness (QED) is 0.904. The van der Waals surface area contributed by atoms with E-state index in [1.807, 2.05) is 20.8 Å². The van der Waals surface area contributed by atoms with Crippen LogP contribution in [-0.4, -0.2) is 31.8 Å². The second-order valence-electron chi connectivity index (χ2n) is 5.34. The largest absolute Gasteiger partial charge is 0.337 e. The fourth-order valence-corrected chi connectivity index (χ4v) is 3.00. The van der Waals surface area contributed by atoms with E-state index in [0.29, 0.717) is 0 Å². The number of hydrogen-bond acceptors (Lipinski definition) is 3. The molecule has 21 heavy (non-hydrogen) atoms. The summed E-state index contributed by atoms with van der Waals surface area (Å²) in [5.74, 6) is -0.395. The summed E-state index contributed by atoms with van der Waals surface area (Å²) in [5, 5.41) is 5.05. The molecule has 0 saturated carbocycles. The average molecular weight is 353 g/mol. The van der Waals surface area contributed by atoms with Crippen molar-refractivity contribution in [2.75, 3.05) is 7.05 Å². The van der Waals surface area contributed by atoms with Gasteiger partial charge >= 0.3 is 0 Å². The summed E-state index contributed by atoms with van der Waals surface area (Å²) in [7, 11) is -2.40. The molecule has 0 unspecified atom stereocenters. The van der Waals surface area contributed by atoms with Crippen LogP contribution in [0.4, 0.5) is 0 Å². The van der Waals surface area contributed by atoms with Gasteiger partial charge in [0.2, 0.25) is 10.0 Å². The number of nitrogens with two attached hydrogens (primary N) is 1. The highest BCUT2D eigenvalue weighted by molar-refractivity contribution is 7.89. The van der Waals surface area contributed by atoms with Crippen LogP contribution in [0.1, 0.15) is 37.6 Å². The Morgan fingerprint density at radius 3 is 2.24 bits per heavy atom. The molecular formula is C13H18Cl2N2O3S. The molecule has 0 spiro atoms. The lowest BCUT2D eigenvalue weighted by Crippen LogP contribution is -2.44. The molecular weight excluding hydrogens is 335 g/mol. The Hall–Kier alpha value is -0.820. The average Bonchev–Trinajstić information content (AvgIpc) is 2.35. The van der Waals surface area contributed by atoms with E-state index in [2.05, 4.69) is 0 Å². The normalized spacial score (nSPS) is 12.3. The molecule has 118 valence electrons. The number of rotatable bonds is 4. The number of halogens is 2. The molecule has 5 nitrogen and oxygen atoms in total. The summed E-state index contributed by atoms with van der Waals surface area (Å²) >= 11 is 11.8. The predicted molar refractivity (Wildman–Crippen MR) is 84.3 cm³/mol. The number of amides is 1. The van der Waals surface area contributed by atoms with Crippen LogP contribution in [0, 0.1) is 0 Å². The van der Waals surface area contributed by atoms with Gasteiger partial charge in [0, 0.05) is 12.6 Å². The van der Waals surface area contributed by atoms with Crippen LogP contribution < -0.4 is 5.14 Å². The molecule has 0 aromatic heterocycles. The topological polar surface area (TPSA) is 80.5 Å². The van der Waals surface area contributed by atoms with Gasteiger partial charge in [0.15, 0.2) is 0 Å². The minimum Gasteiger partial charge on any atom is -0.337 e. The highest BCUT2D eigenvalue weighted by Gasteiger charge is 2.29. The number of sulfonamides is 1. The van der Waals surface area contributed by atoms with Gasteiger partial charge in [0.05, 0.1) is 15.6 Å². The molecule has 0 aliphatic rings. The minimum atomic E-state index is -4.03. The highest BCUT2D eigenvalue weighted by atomic mass is 35.5. The monoisotopic (exact) mass is 352 g/mol. The van der Waals surface area contributed by atoms with E-state index in [1.54, 1.807) is 7.05 Å². The van der Waals surface area contributed by atoms with E-state index in [-0.39, 0.29) is 20.5 Å². The van der Waals surface area contributed by atoms with Crippen LogP contribution in [0.25, 0.3) is 0 Å². The van der Waals surface area contributed by atoms with Gasteiger partial charge in [0.1, 0.15) is 4.90 Å². The van der Waals surface area contributed by atoms with Crippen LogP contribution in [-0.2, 0) is 10.0 Å². The fraction of sp³-hybridized carbons (Fsp3) is 0.462. The van der Waals surface area contributed by atoms with Crippen molar-refractivity contribution in [3.05, 3.63) is 27.7 Å². The van der Waals surface area contributed by atoms with E-state index in [1.165, 1.54) is 11.0 Å². The van der Waals surface area contributed by atoms with Gasteiger partial charge in [-0.3, -0.25) is 4.79 Å². The summed E-state index contributed by atoms with van der Waals surface area (Å²) in [4.78, 5) is 13.7. The second kappa shape index (κ2) is 6.12. The smallest absolute Gasteiger partial charge is 0.255 e. The number of carbonyl (C=O) groups excluding carboxylic acids is 1. The first-order valence-electron chi connectivity index (χ1n) is 6.22. The lowest BCUT2D eigenvalue weighted by Gasteiger charge is -2.35. The van der Waals surface area contributed by atoms with Gasteiger partial charge in [-0.1, -0.05) is 30.1 Å². The van der Waals surface area contributed by atoms with Crippen LogP contribution >= 0.6 is 23.2 Å². The molecule has 8 heteroatoms. The zero-order chi connectivity index (χ0) is 16.6. The number of carbonyl (C=O) groups is 1. The maximum atomic E-state index is 12.5. The van der Waals surface area contributed by atoms with Crippen molar-refractivity contribution in [1.82, 2.24) is 4.90 Å². The molecule has 0 bridgehead atoms. The Balaban J connectivity index is 3.41. The van der Waals surface area contributed by atoms with Crippen LogP contribution in [0.3, 0.4) is 0 Å². The van der Waals surface area contributed by atoms with Crippen molar-refractivity contribution in [1.29, 1.82) is 0 Å². The Kier molecular flexibility index (Phi) is 5.31. The zero-order valence-electron chi connectivity index (χ0n) is 12.3. The summed E-state index contributed by atoms with van der Waals surface area (Å²) in [6, 6.07) is 2.33. The van der Waals surface area contributed by atoms with Crippen molar-refractivity contribution in [3.8, 4) is 0 Å². The number of hydrogen-bond donors (Lipinski definition) is 1. The summed E-state index contributed by atoms with van der Waals surface area (Å²) < 4.78 is 23.0. The third-order valence-electron chi connectivity index (χ3n) is 3.64. The molecule has 1 rings (SSSR count). The Labute approximate surface area is 135 Å². The second-order valence-corrected chi connectivity index (χ2v) is 7.68. The lowest BCUT2D eigenvalue weighted by molar-refractivity contribution is 0.0620. The SMILES string of the molecule is CCC(C)(C)N(C)C(=O)c1cc(S(N)(=O)=O)c(Cl)cc1Cl. The first-order valence-corrected chi connectivity index (χ1v) is 8.52. The summed E-state index contributed by atoms with van der Waals surface area (Å²) in [5.41, 5.74) is -0.351. The van der Waals surface area contributed by atoms with Crippen LogP contribution in [0.2, 0.25) is 10.0 Å². The van der Waals surface area contributed by atoms with Crippen molar-refractivity contribution >= 4 is 39.1 Å². The maximum absolute atomic E-state index is 12.5. The third-order valence-corrected chi connectivity index (χ3v) is 5.32. The van der Waals surface area contributed by atoms with E-state index >= 15 is 0 Å². The van der Waals surface area contributed by atoms with Gasteiger partial charge in [0.25, 0.3) is 5.91 Å². The molecule has 1 amide bonds. The van der Waals surface area contributed by atoms with Crippen molar-refractivity contribution in [3.63, 3.8) is 0 Å². The number of nitrogens with zero attached hydrogens (tertiary/aromatic N) is 1. The molecule has 0 atom stereocenters. The summed E-state index contributed by atoms with van der Waals surface area (Å²) in [6.45, 7) is 5.74. The van der Waals surface area contributed by atoms with Gasteiger partial charge < -0.3 is 4.90 Å². The zero-order valence-corrected chi connectivity index (χ0v) is 14.6. The first-order chi connectivity index (χ1) is 9.41. The van der Waals surface area contributed by atoms with E-state index in [9.17, 15) is 13.2 Å². The van der Waals surface area contributed by atoms with Crippen LogP contribution in [0.5, 0.6) is 0 Å². The lowest BCUT2D eigenvalue weighted by atomic mass is 9.99. The Morgan fingerprint density at radius 2 is 1.81 bits per heavy atom. The standard InChI is InChI=1S/C13H18Cl2N2O3S/c1-5-13(2,3)17(4)12(18)8-6-11(21(16,19)20)10(15)7-9(8)14/h6-7H,5H2,1-4H3,(H2,16,19,20). The fourth-order valence-electron chi connectivity index (χ4n) is 1.60. The summed E-state index contributed by atoms with van der Waals surface area (Å²) in [6.07, 6.45) is 0.725. The minimum absolute atomic E-state index is 0.0501. The Morgan fingerprint density at radius 1 is 1.29 bits per heavy atom. The van der Waals surface area contributed by atoms with Crippen molar-refractivity contribution < 1.29 is 13.2 Å². The molecule has 0 aliphatic carbocycles. The van der Waals surface area contributed by atoms with Gasteiger partial charge in [-0.15, -0.1) is 0 Å². The molecule has 0 radical (unpaired) electrons. The van der Waals surface area contributed by atoms with Gasteiger partial charge in [-0.05, 0) is 32.4 Å². The Bertz CT molecular complexity index is 672. The number of primary sulfonamides is 1. The van der Waals surface area contributed by atoms with Crippen molar-refractivity contribution in [2.24, 2.45) is 5.14 Å². The highest BCUT2D eigenvalue weighted by Crippen LogP contribution is 2.30. The molecule has 0 saturated heterocycles. The van der Waals surface area contributed by atoms with E-state index in [0.717, 1.165) is 12.5 Å². The molecule has 1 aromatic carbocycles. The van der Waals surface area contributed by atoms with Gasteiger partial charge in [-0.25, -0.2) is 13.6 Å². The van der Waals surface area contributed by atoms with E-state index in [4.69, 9.17) is 28.3 Å². The third kappa shape index (κ3) is 3.88. The molecule has 0 aliphatic heterocycles.